The van der Waals surface area contributed by atoms with Crippen LogP contribution in [0.4, 0.5) is 11.5 Å². The molecule has 0 fully saturated rings. The van der Waals surface area contributed by atoms with Crippen LogP contribution in [0.25, 0.3) is 22.3 Å². The fourth-order valence-electron chi connectivity index (χ4n) is 2.90. The second-order valence-electron chi connectivity index (χ2n) is 6.07. The van der Waals surface area contributed by atoms with E-state index in [-0.39, 0.29) is 6.04 Å². The maximum Gasteiger partial charge on any atom is 0.143 e. The van der Waals surface area contributed by atoms with Gasteiger partial charge in [0.2, 0.25) is 0 Å². The van der Waals surface area contributed by atoms with Gasteiger partial charge in [0.05, 0.1) is 5.39 Å². The Morgan fingerprint density at radius 2 is 1.76 bits per heavy atom. The molecule has 124 valence electrons. The van der Waals surface area contributed by atoms with Crippen molar-refractivity contribution in [1.29, 1.82) is 0 Å². The molecule has 5 nitrogen and oxygen atoms in total. The number of rotatable bonds is 4. The Balaban J connectivity index is 1.69. The molecular formula is C20H19N5. The third kappa shape index (κ3) is 3.04. The van der Waals surface area contributed by atoms with Crippen molar-refractivity contribution in [2.75, 3.05) is 11.1 Å². The first-order chi connectivity index (χ1) is 12.2. The van der Waals surface area contributed by atoms with Crippen LogP contribution in [0.5, 0.6) is 0 Å². The Morgan fingerprint density at radius 3 is 2.52 bits per heavy atom. The number of anilines is 2. The number of benzene rings is 2. The van der Waals surface area contributed by atoms with Gasteiger partial charge in [-0.15, -0.1) is 0 Å². The van der Waals surface area contributed by atoms with E-state index in [1.807, 2.05) is 42.5 Å². The Hall–Kier alpha value is -3.34. The Kier molecular flexibility index (Phi) is 3.82. The molecule has 0 bridgehead atoms. The number of fused-ring (bicyclic) bond motifs is 1. The van der Waals surface area contributed by atoms with Gasteiger partial charge in [0.1, 0.15) is 17.8 Å². The molecule has 0 unspecified atom stereocenters. The summed E-state index contributed by atoms with van der Waals surface area (Å²) in [5, 5.41) is 4.45. The zero-order chi connectivity index (χ0) is 17.2. The summed E-state index contributed by atoms with van der Waals surface area (Å²) in [6.07, 6.45) is 1.58. The zero-order valence-corrected chi connectivity index (χ0v) is 13.9. The number of nitrogens with two attached hydrogens (primary N) is 1. The van der Waals surface area contributed by atoms with Crippen molar-refractivity contribution >= 4 is 22.5 Å². The van der Waals surface area contributed by atoms with Gasteiger partial charge in [-0.05, 0) is 36.2 Å². The predicted octanol–water partition coefficient (Wildman–Crippen LogP) is 4.38. The first-order valence-corrected chi connectivity index (χ1v) is 8.22. The van der Waals surface area contributed by atoms with E-state index < -0.39 is 0 Å². The molecular weight excluding hydrogens is 310 g/mol. The van der Waals surface area contributed by atoms with Crippen molar-refractivity contribution in [2.24, 2.45) is 0 Å². The second-order valence-corrected chi connectivity index (χ2v) is 6.07. The molecule has 0 saturated heterocycles. The molecule has 0 spiro atoms. The molecule has 2 aromatic carbocycles. The molecule has 2 aromatic heterocycles. The van der Waals surface area contributed by atoms with Crippen molar-refractivity contribution in [3.63, 3.8) is 0 Å². The van der Waals surface area contributed by atoms with Crippen molar-refractivity contribution < 1.29 is 0 Å². The minimum atomic E-state index is 0.147. The van der Waals surface area contributed by atoms with Gasteiger partial charge in [-0.3, -0.25) is 0 Å². The van der Waals surface area contributed by atoms with Gasteiger partial charge in [-0.2, -0.15) is 0 Å². The van der Waals surface area contributed by atoms with Crippen molar-refractivity contribution in [3.8, 4) is 11.3 Å². The first kappa shape index (κ1) is 15.2. The van der Waals surface area contributed by atoms with Crippen LogP contribution in [0.1, 0.15) is 18.5 Å². The van der Waals surface area contributed by atoms with E-state index >= 15 is 0 Å². The van der Waals surface area contributed by atoms with Crippen LogP contribution in [0.3, 0.4) is 0 Å². The molecule has 2 heterocycles. The number of nitrogens with zero attached hydrogens (tertiary/aromatic N) is 2. The third-order valence-electron chi connectivity index (χ3n) is 4.30. The van der Waals surface area contributed by atoms with Gasteiger partial charge in [-0.1, -0.05) is 42.5 Å². The molecule has 0 aliphatic heterocycles. The summed E-state index contributed by atoms with van der Waals surface area (Å²) in [7, 11) is 0. The van der Waals surface area contributed by atoms with E-state index in [1.165, 1.54) is 5.56 Å². The molecule has 0 aliphatic rings. The smallest absolute Gasteiger partial charge is 0.143 e. The minimum Gasteiger partial charge on any atom is -0.399 e. The van der Waals surface area contributed by atoms with E-state index in [1.54, 1.807) is 6.33 Å². The number of hydrogen-bond acceptors (Lipinski definition) is 4. The van der Waals surface area contributed by atoms with Crippen LogP contribution in [-0.2, 0) is 0 Å². The lowest BCUT2D eigenvalue weighted by Crippen LogP contribution is -2.08. The molecule has 4 aromatic rings. The number of hydrogen-bond donors (Lipinski definition) is 3. The van der Waals surface area contributed by atoms with Gasteiger partial charge in [0, 0.05) is 17.4 Å². The monoisotopic (exact) mass is 329 g/mol. The highest BCUT2D eigenvalue weighted by Crippen LogP contribution is 2.29. The fourth-order valence-corrected chi connectivity index (χ4v) is 2.90. The van der Waals surface area contributed by atoms with Crippen molar-refractivity contribution in [3.05, 3.63) is 72.6 Å². The summed E-state index contributed by atoms with van der Waals surface area (Å²) >= 11 is 0. The molecule has 5 heteroatoms. The largest absolute Gasteiger partial charge is 0.399 e. The summed E-state index contributed by atoms with van der Waals surface area (Å²) in [6.45, 7) is 2.12. The number of aromatic amines is 1. The third-order valence-corrected chi connectivity index (χ3v) is 4.30. The lowest BCUT2D eigenvalue weighted by molar-refractivity contribution is 0.876. The topological polar surface area (TPSA) is 79.6 Å². The summed E-state index contributed by atoms with van der Waals surface area (Å²) in [6, 6.07) is 20.3. The Morgan fingerprint density at radius 1 is 1.00 bits per heavy atom. The fraction of sp³-hybridized carbons (Fsp3) is 0.100. The number of H-pyrrole nitrogens is 1. The number of nitrogens with one attached hydrogen (secondary N) is 2. The highest BCUT2D eigenvalue weighted by atomic mass is 15.1. The minimum absolute atomic E-state index is 0.147. The Labute approximate surface area is 145 Å². The lowest BCUT2D eigenvalue weighted by Gasteiger charge is -2.15. The molecule has 0 saturated carbocycles. The van der Waals surface area contributed by atoms with Gasteiger partial charge < -0.3 is 16.0 Å². The summed E-state index contributed by atoms with van der Waals surface area (Å²) in [5.41, 5.74) is 10.6. The summed E-state index contributed by atoms with van der Waals surface area (Å²) < 4.78 is 0. The van der Waals surface area contributed by atoms with Crippen LogP contribution >= 0.6 is 0 Å². The van der Waals surface area contributed by atoms with Gasteiger partial charge in [-0.25, -0.2) is 9.97 Å². The standard InChI is InChI=1S/C20H19N5/c1-13(14-5-3-2-4-6-14)24-19-17-11-18(25-20(17)23-12-22-19)15-7-9-16(21)10-8-15/h2-13H,21H2,1H3,(H2,22,23,24,25)/t13-/m1/s1. The summed E-state index contributed by atoms with van der Waals surface area (Å²) in [4.78, 5) is 12.1. The molecule has 0 radical (unpaired) electrons. The second kappa shape index (κ2) is 6.28. The molecule has 25 heavy (non-hydrogen) atoms. The molecule has 4 rings (SSSR count). The van der Waals surface area contributed by atoms with E-state index in [0.29, 0.717) is 0 Å². The van der Waals surface area contributed by atoms with E-state index in [4.69, 9.17) is 5.73 Å². The highest BCUT2D eigenvalue weighted by Gasteiger charge is 2.12. The lowest BCUT2D eigenvalue weighted by atomic mass is 10.1. The van der Waals surface area contributed by atoms with Crippen molar-refractivity contribution in [1.82, 2.24) is 15.0 Å². The average Bonchev–Trinajstić information content (AvgIpc) is 3.08. The van der Waals surface area contributed by atoms with E-state index in [9.17, 15) is 0 Å². The van der Waals surface area contributed by atoms with Crippen LogP contribution in [0.15, 0.2) is 67.0 Å². The number of nitrogen functional groups attached to an aromatic ring is 1. The molecule has 0 amide bonds. The quantitative estimate of drug-likeness (QED) is 0.485. The Bertz CT molecular complexity index is 990. The maximum absolute atomic E-state index is 5.77. The zero-order valence-electron chi connectivity index (χ0n) is 13.9. The molecule has 1 atom stereocenters. The van der Waals surface area contributed by atoms with Crippen LogP contribution in [0.2, 0.25) is 0 Å². The van der Waals surface area contributed by atoms with Crippen LogP contribution in [-0.4, -0.2) is 15.0 Å². The van der Waals surface area contributed by atoms with Crippen LogP contribution < -0.4 is 11.1 Å². The van der Waals surface area contributed by atoms with Crippen molar-refractivity contribution in [2.45, 2.75) is 13.0 Å². The normalized spacial score (nSPS) is 12.2. The molecule has 4 N–H and O–H groups in total. The maximum atomic E-state index is 5.77. The summed E-state index contributed by atoms with van der Waals surface area (Å²) in [5.74, 6) is 0.819. The van der Waals surface area contributed by atoms with E-state index in [0.717, 1.165) is 33.8 Å². The van der Waals surface area contributed by atoms with Gasteiger partial charge in [0.25, 0.3) is 0 Å². The SMILES string of the molecule is C[C@@H](Nc1ncnc2[nH]c(-c3ccc(N)cc3)cc12)c1ccccc1. The van der Waals surface area contributed by atoms with Crippen LogP contribution in [0, 0.1) is 0 Å². The van der Waals surface area contributed by atoms with E-state index in [2.05, 4.69) is 45.4 Å². The number of aromatic nitrogens is 3. The van der Waals surface area contributed by atoms with Gasteiger partial charge >= 0.3 is 0 Å². The first-order valence-electron chi connectivity index (χ1n) is 8.22. The average molecular weight is 329 g/mol. The van der Waals surface area contributed by atoms with Gasteiger partial charge in [0.15, 0.2) is 0 Å². The molecule has 0 aliphatic carbocycles. The highest BCUT2D eigenvalue weighted by molar-refractivity contribution is 5.91. The predicted molar refractivity (Wildman–Crippen MR) is 102 cm³/mol.